The third-order valence-electron chi connectivity index (χ3n) is 5.74. The summed E-state index contributed by atoms with van der Waals surface area (Å²) in [6, 6.07) is 8.85. The largest absolute Gasteiger partial charge is 0.376 e. The van der Waals surface area contributed by atoms with Crippen LogP contribution in [0.4, 0.5) is 0 Å². The summed E-state index contributed by atoms with van der Waals surface area (Å²) in [4.78, 5) is 17.4. The van der Waals surface area contributed by atoms with Gasteiger partial charge < -0.3 is 15.0 Å². The lowest BCUT2D eigenvalue weighted by Crippen LogP contribution is -2.47. The molecular weight excluding hydrogens is 326 g/mol. The maximum absolute atomic E-state index is 13.1. The molecule has 1 aromatic rings. The summed E-state index contributed by atoms with van der Waals surface area (Å²) in [6.45, 7) is 6.90. The van der Waals surface area contributed by atoms with E-state index in [2.05, 4.69) is 48.5 Å². The third kappa shape index (κ3) is 5.29. The lowest BCUT2D eigenvalue weighted by molar-refractivity contribution is -0.135. The number of likely N-dealkylation sites (N-methyl/N-ethyl adjacent to an activating group) is 1. The van der Waals surface area contributed by atoms with Crippen LogP contribution in [0, 0.1) is 6.92 Å². The molecule has 0 saturated carbocycles. The van der Waals surface area contributed by atoms with E-state index in [0.29, 0.717) is 25.7 Å². The number of amides is 1. The summed E-state index contributed by atoms with van der Waals surface area (Å²) < 4.78 is 5.81. The maximum atomic E-state index is 13.1. The highest BCUT2D eigenvalue weighted by Gasteiger charge is 2.26. The normalized spacial score (nSPS) is 21.3. The van der Waals surface area contributed by atoms with Gasteiger partial charge in [0.1, 0.15) is 0 Å². The molecule has 1 aromatic carbocycles. The van der Waals surface area contributed by atoms with E-state index in [9.17, 15) is 4.79 Å². The number of ether oxygens (including phenoxy) is 1. The highest BCUT2D eigenvalue weighted by Crippen LogP contribution is 2.18. The van der Waals surface area contributed by atoms with Crippen molar-refractivity contribution in [3.63, 3.8) is 0 Å². The van der Waals surface area contributed by atoms with Crippen molar-refractivity contribution in [2.24, 2.45) is 0 Å². The fourth-order valence-corrected chi connectivity index (χ4v) is 3.97. The molecule has 1 unspecified atom stereocenters. The monoisotopic (exact) mass is 359 g/mol. The minimum Gasteiger partial charge on any atom is -0.376 e. The average molecular weight is 360 g/mol. The fourth-order valence-electron chi connectivity index (χ4n) is 3.97. The van der Waals surface area contributed by atoms with Crippen LogP contribution in [0.2, 0.25) is 0 Å². The van der Waals surface area contributed by atoms with Gasteiger partial charge in [-0.25, -0.2) is 0 Å². The lowest BCUT2D eigenvalue weighted by atomic mass is 10.1. The van der Waals surface area contributed by atoms with E-state index in [-0.39, 0.29) is 12.0 Å². The van der Waals surface area contributed by atoms with E-state index in [1.54, 1.807) is 0 Å². The zero-order valence-electron chi connectivity index (χ0n) is 16.2. The molecule has 2 saturated heterocycles. The number of hydrogen-bond donors (Lipinski definition) is 1. The second kappa shape index (κ2) is 9.49. The van der Waals surface area contributed by atoms with Crippen LogP contribution in [-0.2, 0) is 16.1 Å². The summed E-state index contributed by atoms with van der Waals surface area (Å²) in [7, 11) is 2.09. The van der Waals surface area contributed by atoms with Crippen molar-refractivity contribution >= 4 is 5.91 Å². The van der Waals surface area contributed by atoms with E-state index < -0.39 is 0 Å². The number of aryl methyl sites for hydroxylation is 1. The minimum absolute atomic E-state index is 0.187. The van der Waals surface area contributed by atoms with Gasteiger partial charge in [0.05, 0.1) is 12.6 Å². The van der Waals surface area contributed by atoms with Crippen molar-refractivity contribution in [1.29, 1.82) is 0 Å². The molecule has 0 aliphatic carbocycles. The van der Waals surface area contributed by atoms with E-state index in [0.717, 1.165) is 45.4 Å². The summed E-state index contributed by atoms with van der Waals surface area (Å²) in [5.74, 6) is 0.213. The maximum Gasteiger partial charge on any atom is 0.237 e. The van der Waals surface area contributed by atoms with Gasteiger partial charge in [0.25, 0.3) is 0 Å². The average Bonchev–Trinajstić information content (AvgIpc) is 3.16. The number of carbonyl (C=O) groups is 1. The summed E-state index contributed by atoms with van der Waals surface area (Å²) in [5.41, 5.74) is 2.47. The van der Waals surface area contributed by atoms with Crippen LogP contribution in [0.15, 0.2) is 24.3 Å². The summed E-state index contributed by atoms with van der Waals surface area (Å²) in [5, 5.41) is 3.39. The van der Waals surface area contributed by atoms with Gasteiger partial charge >= 0.3 is 0 Å². The minimum atomic E-state index is 0.187. The predicted molar refractivity (Wildman–Crippen MR) is 104 cm³/mol. The van der Waals surface area contributed by atoms with Crippen LogP contribution < -0.4 is 5.32 Å². The number of hydrogen-bond acceptors (Lipinski definition) is 4. The lowest BCUT2D eigenvalue weighted by Gasteiger charge is -2.33. The third-order valence-corrected chi connectivity index (χ3v) is 5.74. The van der Waals surface area contributed by atoms with Crippen molar-refractivity contribution < 1.29 is 9.53 Å². The molecule has 3 rings (SSSR count). The first-order valence-electron chi connectivity index (χ1n) is 9.98. The second-order valence-corrected chi connectivity index (χ2v) is 7.73. The molecule has 5 nitrogen and oxygen atoms in total. The molecule has 1 N–H and O–H groups in total. The Morgan fingerprint density at radius 1 is 1.23 bits per heavy atom. The van der Waals surface area contributed by atoms with E-state index in [4.69, 9.17) is 4.74 Å². The van der Waals surface area contributed by atoms with Crippen molar-refractivity contribution in [2.75, 3.05) is 39.8 Å². The predicted octanol–water partition coefficient (Wildman–Crippen LogP) is 2.19. The van der Waals surface area contributed by atoms with Crippen LogP contribution in [0.25, 0.3) is 0 Å². The molecule has 0 radical (unpaired) electrons. The van der Waals surface area contributed by atoms with Gasteiger partial charge in [-0.1, -0.05) is 24.3 Å². The molecule has 2 heterocycles. The highest BCUT2D eigenvalue weighted by atomic mass is 16.5. The first kappa shape index (κ1) is 19.3. The molecule has 144 valence electrons. The van der Waals surface area contributed by atoms with Crippen molar-refractivity contribution in [3.05, 3.63) is 35.4 Å². The topological polar surface area (TPSA) is 44.8 Å². The Kier molecular flexibility index (Phi) is 7.06. The Labute approximate surface area is 157 Å². The highest BCUT2D eigenvalue weighted by molar-refractivity contribution is 5.78. The van der Waals surface area contributed by atoms with Gasteiger partial charge in [0.15, 0.2) is 0 Å². The van der Waals surface area contributed by atoms with Crippen LogP contribution in [0.1, 0.15) is 36.8 Å². The Balaban J connectivity index is 1.64. The first-order chi connectivity index (χ1) is 12.6. The first-order valence-corrected chi connectivity index (χ1v) is 9.98. The molecule has 5 heteroatoms. The molecule has 2 aliphatic heterocycles. The second-order valence-electron chi connectivity index (χ2n) is 7.73. The van der Waals surface area contributed by atoms with Gasteiger partial charge in [-0.05, 0) is 63.9 Å². The quantitative estimate of drug-likeness (QED) is 0.811. The molecule has 26 heavy (non-hydrogen) atoms. The smallest absolute Gasteiger partial charge is 0.237 e. The Hall–Kier alpha value is -1.43. The van der Waals surface area contributed by atoms with Gasteiger partial charge in [0, 0.05) is 25.7 Å². The molecule has 1 atom stereocenters. The summed E-state index contributed by atoms with van der Waals surface area (Å²) >= 11 is 0. The SMILES string of the molecule is Cc1ccccc1CN(CC1CCCO1)C(=O)CN(C)C1CCNCC1. The zero-order valence-corrected chi connectivity index (χ0v) is 16.2. The number of nitrogens with one attached hydrogen (secondary N) is 1. The molecule has 0 aromatic heterocycles. The Morgan fingerprint density at radius 3 is 2.69 bits per heavy atom. The van der Waals surface area contributed by atoms with E-state index in [1.807, 2.05) is 4.90 Å². The molecule has 0 bridgehead atoms. The van der Waals surface area contributed by atoms with Gasteiger partial charge in [-0.3, -0.25) is 9.69 Å². The zero-order chi connectivity index (χ0) is 18.4. The van der Waals surface area contributed by atoms with Gasteiger partial charge in [-0.2, -0.15) is 0 Å². The Bertz CT molecular complexity index is 580. The van der Waals surface area contributed by atoms with Crippen molar-refractivity contribution in [1.82, 2.24) is 15.1 Å². The van der Waals surface area contributed by atoms with Crippen LogP contribution >= 0.6 is 0 Å². The van der Waals surface area contributed by atoms with Crippen LogP contribution in [0.5, 0.6) is 0 Å². The molecule has 1 amide bonds. The number of nitrogens with zero attached hydrogens (tertiary/aromatic N) is 2. The number of carbonyl (C=O) groups excluding carboxylic acids is 1. The Morgan fingerprint density at radius 2 is 2.00 bits per heavy atom. The van der Waals surface area contributed by atoms with Crippen LogP contribution in [0.3, 0.4) is 0 Å². The van der Waals surface area contributed by atoms with Gasteiger partial charge in [-0.15, -0.1) is 0 Å². The summed E-state index contributed by atoms with van der Waals surface area (Å²) in [6.07, 6.45) is 4.58. The van der Waals surface area contributed by atoms with E-state index in [1.165, 1.54) is 11.1 Å². The van der Waals surface area contributed by atoms with Crippen molar-refractivity contribution in [3.8, 4) is 0 Å². The number of piperidine rings is 1. The molecular formula is C21H33N3O2. The number of benzene rings is 1. The molecule has 2 aliphatic rings. The van der Waals surface area contributed by atoms with Gasteiger partial charge in [0.2, 0.25) is 5.91 Å². The fraction of sp³-hybridized carbons (Fsp3) is 0.667. The van der Waals surface area contributed by atoms with E-state index >= 15 is 0 Å². The van der Waals surface area contributed by atoms with Crippen molar-refractivity contribution in [2.45, 2.75) is 51.3 Å². The standard InChI is InChI=1S/C21H33N3O2/c1-17-6-3-4-7-18(17)14-24(15-20-8-5-13-26-20)21(25)16-23(2)19-9-11-22-12-10-19/h3-4,6-7,19-20,22H,5,8-16H2,1-2H3. The molecule has 0 spiro atoms. The molecule has 2 fully saturated rings. The number of rotatable bonds is 7. The van der Waals surface area contributed by atoms with Crippen LogP contribution in [-0.4, -0.2) is 67.7 Å².